The van der Waals surface area contributed by atoms with Crippen molar-refractivity contribution in [3.8, 4) is 5.75 Å². The van der Waals surface area contributed by atoms with E-state index >= 15 is 0 Å². The molecule has 0 heterocycles. The SMILES string of the molecule is O=[SH](=O)C(F)(F)C(F)(F)C(F)(F)S(=O)(=O)Oc1c(C2CCCCC2)cc(C2CCCCC2)cc1C1CCCCC1. The van der Waals surface area contributed by atoms with Crippen molar-refractivity contribution in [3.05, 3.63) is 28.8 Å². The number of halogens is 6. The number of hydrogen-bond donors (Lipinski definition) is 1. The van der Waals surface area contributed by atoms with Crippen LogP contribution in [0.25, 0.3) is 0 Å². The lowest BCUT2D eigenvalue weighted by molar-refractivity contribution is -0.244. The Morgan fingerprint density at radius 3 is 1.40 bits per heavy atom. The predicted molar refractivity (Wildman–Crippen MR) is 139 cm³/mol. The van der Waals surface area contributed by atoms with Crippen LogP contribution in [0.1, 0.15) is 131 Å². The Balaban J connectivity index is 1.87. The molecule has 13 heteroatoms. The smallest absolute Gasteiger partial charge is 0.377 e. The highest BCUT2D eigenvalue weighted by atomic mass is 32.2. The second-order valence-electron chi connectivity index (χ2n) is 11.5. The van der Waals surface area contributed by atoms with Crippen LogP contribution in [-0.2, 0) is 20.8 Å². The van der Waals surface area contributed by atoms with E-state index in [0.717, 1.165) is 76.2 Å². The predicted octanol–water partition coefficient (Wildman–Crippen LogP) is 7.97. The summed E-state index contributed by atoms with van der Waals surface area (Å²) in [7, 11) is -12.2. The molecular formula is C27H36F6O5S2. The average Bonchev–Trinajstić information content (AvgIpc) is 2.94. The molecule has 0 radical (unpaired) electrons. The molecule has 228 valence electrons. The summed E-state index contributed by atoms with van der Waals surface area (Å²) in [6.07, 6.45) is 12.4. The van der Waals surface area contributed by atoms with Crippen LogP contribution < -0.4 is 4.18 Å². The van der Waals surface area contributed by atoms with Gasteiger partial charge in [0.1, 0.15) is 5.75 Å². The molecule has 0 N–H and O–H groups in total. The lowest BCUT2D eigenvalue weighted by Crippen LogP contribution is -2.59. The minimum absolute atomic E-state index is 0.168. The largest absolute Gasteiger partial charge is 0.450 e. The molecule has 0 aromatic heterocycles. The quantitative estimate of drug-likeness (QED) is 0.173. The van der Waals surface area contributed by atoms with Crippen molar-refractivity contribution in [2.24, 2.45) is 0 Å². The first kappa shape index (κ1) is 31.4. The highest BCUT2D eigenvalue weighted by Crippen LogP contribution is 2.52. The normalized spacial score (nSPS) is 21.6. The van der Waals surface area contributed by atoms with Gasteiger partial charge in [-0.3, -0.25) is 0 Å². The Morgan fingerprint density at radius 2 is 1.02 bits per heavy atom. The standard InChI is InChI=1S/C27H36F6O5S2/c28-25(29,26(30,31)39(34)35)27(32,33)40(36,37)38-24-22(19-12-6-2-7-13-19)16-21(18-10-4-1-5-11-18)17-23(24)20-14-8-3-9-15-20/h16-20,39H,1-15H2. The molecule has 3 saturated carbocycles. The Morgan fingerprint density at radius 1 is 0.650 bits per heavy atom. The molecular weight excluding hydrogens is 582 g/mol. The van der Waals surface area contributed by atoms with Gasteiger partial charge in [0.25, 0.3) is 0 Å². The second kappa shape index (κ2) is 12.0. The van der Waals surface area contributed by atoms with E-state index in [-0.39, 0.29) is 17.8 Å². The van der Waals surface area contributed by atoms with Gasteiger partial charge in [0.05, 0.1) is 0 Å². The number of hydrogen-bond acceptors (Lipinski definition) is 5. The van der Waals surface area contributed by atoms with Crippen molar-refractivity contribution < 1.29 is 47.4 Å². The van der Waals surface area contributed by atoms with Gasteiger partial charge in [0.2, 0.25) is 10.7 Å². The third-order valence-electron chi connectivity index (χ3n) is 8.81. The summed E-state index contributed by atoms with van der Waals surface area (Å²) in [5.41, 5.74) is 1.58. The summed E-state index contributed by atoms with van der Waals surface area (Å²) >= 11 is 0. The van der Waals surface area contributed by atoms with Crippen molar-refractivity contribution >= 4 is 20.8 Å². The lowest BCUT2D eigenvalue weighted by atomic mass is 9.75. The molecule has 0 saturated heterocycles. The maximum Gasteiger partial charge on any atom is 0.450 e. The highest BCUT2D eigenvalue weighted by Gasteiger charge is 2.80. The number of benzene rings is 1. The Bertz CT molecular complexity index is 1180. The van der Waals surface area contributed by atoms with Crippen molar-refractivity contribution in [1.29, 1.82) is 0 Å². The second-order valence-corrected chi connectivity index (χ2v) is 14.1. The molecule has 1 aromatic carbocycles. The minimum atomic E-state index is -6.78. The molecule has 1 aromatic rings. The fourth-order valence-corrected chi connectivity index (χ4v) is 7.91. The van der Waals surface area contributed by atoms with Crippen LogP contribution in [0.3, 0.4) is 0 Å². The van der Waals surface area contributed by atoms with E-state index in [1.807, 2.05) is 0 Å². The molecule has 0 amide bonds. The topological polar surface area (TPSA) is 77.5 Å². The monoisotopic (exact) mass is 618 g/mol. The first-order chi connectivity index (χ1) is 18.7. The molecule has 0 aliphatic heterocycles. The zero-order valence-electron chi connectivity index (χ0n) is 22.2. The van der Waals surface area contributed by atoms with Crippen LogP contribution in [-0.4, -0.2) is 33.3 Å². The fourth-order valence-electron chi connectivity index (χ4n) is 6.51. The molecule has 5 nitrogen and oxygen atoms in total. The van der Waals surface area contributed by atoms with Crippen LogP contribution in [0.2, 0.25) is 0 Å². The number of rotatable bonds is 9. The van der Waals surface area contributed by atoms with Gasteiger partial charge in [-0.2, -0.15) is 34.8 Å². The van der Waals surface area contributed by atoms with E-state index in [1.165, 1.54) is 0 Å². The van der Waals surface area contributed by atoms with Crippen LogP contribution in [0.4, 0.5) is 26.3 Å². The molecule has 4 rings (SSSR count). The van der Waals surface area contributed by atoms with Crippen LogP contribution in [0, 0.1) is 0 Å². The van der Waals surface area contributed by atoms with E-state index < -0.39 is 43.0 Å². The highest BCUT2D eigenvalue weighted by molar-refractivity contribution is 7.88. The van der Waals surface area contributed by atoms with Crippen LogP contribution in [0.15, 0.2) is 12.1 Å². The number of alkyl halides is 6. The van der Waals surface area contributed by atoms with Crippen molar-refractivity contribution in [2.45, 2.75) is 130 Å². The summed E-state index contributed by atoms with van der Waals surface area (Å²) in [6.45, 7) is 0. The Hall–Kier alpha value is -1.50. The fraction of sp³-hybridized carbons (Fsp3) is 0.778. The van der Waals surface area contributed by atoms with Crippen LogP contribution in [0.5, 0.6) is 5.75 Å². The molecule has 40 heavy (non-hydrogen) atoms. The summed E-state index contributed by atoms with van der Waals surface area (Å²) in [6, 6.07) is 3.48. The summed E-state index contributed by atoms with van der Waals surface area (Å²) in [4.78, 5) is 0. The van der Waals surface area contributed by atoms with Gasteiger partial charge >= 0.3 is 26.5 Å². The van der Waals surface area contributed by atoms with Crippen LogP contribution >= 0.6 is 0 Å². The molecule has 0 atom stereocenters. The van der Waals surface area contributed by atoms with Gasteiger partial charge in [-0.15, -0.1) is 0 Å². The third-order valence-corrected chi connectivity index (χ3v) is 10.8. The van der Waals surface area contributed by atoms with Gasteiger partial charge in [0.15, 0.2) is 0 Å². The number of thiol groups is 1. The van der Waals surface area contributed by atoms with Gasteiger partial charge in [-0.05, 0) is 73.0 Å². The Kier molecular flexibility index (Phi) is 9.44. The van der Waals surface area contributed by atoms with E-state index in [4.69, 9.17) is 4.18 Å². The van der Waals surface area contributed by atoms with Gasteiger partial charge < -0.3 is 4.18 Å². The first-order valence-corrected chi connectivity index (χ1v) is 16.7. The molecule has 3 aliphatic rings. The van der Waals surface area contributed by atoms with E-state index in [0.29, 0.717) is 36.8 Å². The van der Waals surface area contributed by atoms with Gasteiger partial charge in [-0.25, -0.2) is 8.42 Å². The third kappa shape index (κ3) is 5.87. The maximum atomic E-state index is 14.8. The molecule has 0 unspecified atom stereocenters. The van der Waals surface area contributed by atoms with Crippen molar-refractivity contribution in [2.75, 3.05) is 0 Å². The molecule has 0 spiro atoms. The lowest BCUT2D eigenvalue weighted by Gasteiger charge is -2.33. The molecule has 3 fully saturated rings. The van der Waals surface area contributed by atoms with Gasteiger partial charge in [-0.1, -0.05) is 69.9 Å². The van der Waals surface area contributed by atoms with E-state index in [1.54, 1.807) is 12.1 Å². The summed E-state index contributed by atoms with van der Waals surface area (Å²) in [5.74, 6) is -7.65. The Labute approximate surface area is 233 Å². The average molecular weight is 619 g/mol. The molecule has 3 aliphatic carbocycles. The summed E-state index contributed by atoms with van der Waals surface area (Å²) < 4.78 is 138. The maximum absolute atomic E-state index is 14.8. The van der Waals surface area contributed by atoms with Gasteiger partial charge in [0, 0.05) is 0 Å². The minimum Gasteiger partial charge on any atom is -0.377 e. The van der Waals surface area contributed by atoms with Crippen molar-refractivity contribution in [1.82, 2.24) is 0 Å². The van der Waals surface area contributed by atoms with E-state index in [2.05, 4.69) is 0 Å². The van der Waals surface area contributed by atoms with Crippen molar-refractivity contribution in [3.63, 3.8) is 0 Å². The zero-order chi connectivity index (χ0) is 29.3. The first-order valence-electron chi connectivity index (χ1n) is 14.1. The summed E-state index contributed by atoms with van der Waals surface area (Å²) in [5, 5.41) is -12.9. The zero-order valence-corrected chi connectivity index (χ0v) is 23.9. The molecule has 0 bridgehead atoms. The van der Waals surface area contributed by atoms with E-state index in [9.17, 15) is 43.2 Å².